The fraction of sp³-hybridized carbons (Fsp3) is 0.217. The molecule has 0 radical (unpaired) electrons. The van der Waals surface area contributed by atoms with Gasteiger partial charge in [0.1, 0.15) is 0 Å². The first kappa shape index (κ1) is 19.1. The molecule has 4 heteroatoms. The second kappa shape index (κ2) is 8.82. The molecule has 0 saturated heterocycles. The fourth-order valence-electron chi connectivity index (χ4n) is 2.97. The Kier molecular flexibility index (Phi) is 6.24. The van der Waals surface area contributed by atoms with E-state index in [1.165, 1.54) is 19.5 Å². The Labute approximate surface area is 168 Å². The normalized spacial score (nSPS) is 16.1. The molecule has 0 amide bonds. The van der Waals surface area contributed by atoms with Crippen LogP contribution >= 0.6 is 22.7 Å². The van der Waals surface area contributed by atoms with Crippen molar-refractivity contribution in [3.8, 4) is 6.07 Å². The third kappa shape index (κ3) is 5.17. The minimum atomic E-state index is -0.676. The zero-order valence-corrected chi connectivity index (χ0v) is 17.0. The molecular formula is C23H20N2S2. The summed E-state index contributed by atoms with van der Waals surface area (Å²) in [6, 6.07) is 9.91. The largest absolute Gasteiger partial charge is 0.316 e. The van der Waals surface area contributed by atoms with E-state index < -0.39 is 6.04 Å². The summed E-state index contributed by atoms with van der Waals surface area (Å²) >= 11 is 3.52. The van der Waals surface area contributed by atoms with Gasteiger partial charge in [0.25, 0.3) is 0 Å². The third-order valence-electron chi connectivity index (χ3n) is 4.30. The summed E-state index contributed by atoms with van der Waals surface area (Å²) in [4.78, 5) is 8.51. The van der Waals surface area contributed by atoms with E-state index in [1.807, 2.05) is 0 Å². The van der Waals surface area contributed by atoms with Crippen molar-refractivity contribution in [2.45, 2.75) is 26.3 Å². The van der Waals surface area contributed by atoms with Crippen molar-refractivity contribution in [2.24, 2.45) is 5.92 Å². The second-order valence-electron chi connectivity index (χ2n) is 6.50. The van der Waals surface area contributed by atoms with Crippen molar-refractivity contribution in [1.82, 2.24) is 0 Å². The summed E-state index contributed by atoms with van der Waals surface area (Å²) in [7, 11) is 0. The molecule has 0 spiro atoms. The van der Waals surface area contributed by atoms with Gasteiger partial charge in [-0.15, -0.1) is 22.7 Å². The van der Waals surface area contributed by atoms with Gasteiger partial charge in [-0.3, -0.25) is 4.85 Å². The molecule has 0 N–H and O–H groups in total. The van der Waals surface area contributed by atoms with Crippen LogP contribution in [0, 0.1) is 37.7 Å². The van der Waals surface area contributed by atoms with E-state index in [9.17, 15) is 5.26 Å². The summed E-state index contributed by atoms with van der Waals surface area (Å²) in [5.41, 5.74) is 2.30. The van der Waals surface area contributed by atoms with Crippen LogP contribution in [0.2, 0.25) is 0 Å². The van der Waals surface area contributed by atoms with Gasteiger partial charge >= 0.3 is 6.04 Å². The smallest absolute Gasteiger partial charge is 0.296 e. The lowest BCUT2D eigenvalue weighted by atomic mass is 9.87. The first-order valence-electron chi connectivity index (χ1n) is 8.74. The van der Waals surface area contributed by atoms with E-state index in [-0.39, 0.29) is 5.92 Å². The van der Waals surface area contributed by atoms with E-state index in [0.29, 0.717) is 0 Å². The lowest BCUT2D eigenvalue weighted by molar-refractivity contribution is 0.757. The topological polar surface area (TPSA) is 28.1 Å². The van der Waals surface area contributed by atoms with Gasteiger partial charge in [-0.2, -0.15) is 5.26 Å². The Hall–Kier alpha value is -2.66. The van der Waals surface area contributed by atoms with Gasteiger partial charge in [-0.1, -0.05) is 24.3 Å². The quantitative estimate of drug-likeness (QED) is 0.516. The highest BCUT2D eigenvalue weighted by Gasteiger charge is 2.25. The van der Waals surface area contributed by atoms with Gasteiger partial charge in [-0.25, -0.2) is 6.57 Å². The van der Waals surface area contributed by atoms with E-state index in [4.69, 9.17) is 6.57 Å². The van der Waals surface area contributed by atoms with Gasteiger partial charge in [0.2, 0.25) is 0 Å². The predicted octanol–water partition coefficient (Wildman–Crippen LogP) is 6.84. The highest BCUT2D eigenvalue weighted by molar-refractivity contribution is 7.13. The van der Waals surface area contributed by atoms with Gasteiger partial charge in [0, 0.05) is 19.5 Å². The molecule has 0 fully saturated rings. The molecule has 1 aliphatic rings. The Bertz CT molecular complexity index is 935. The molecule has 2 aromatic rings. The zero-order chi connectivity index (χ0) is 19.2. The molecular weight excluding hydrogens is 368 g/mol. The van der Waals surface area contributed by atoms with Gasteiger partial charge < -0.3 is 0 Å². The van der Waals surface area contributed by atoms with Gasteiger partial charge in [-0.05, 0) is 67.8 Å². The molecule has 1 aliphatic carbocycles. The van der Waals surface area contributed by atoms with Crippen LogP contribution in [0.15, 0.2) is 59.7 Å². The Morgan fingerprint density at radius 1 is 1.00 bits per heavy atom. The van der Waals surface area contributed by atoms with Crippen molar-refractivity contribution in [3.05, 3.63) is 90.6 Å². The Morgan fingerprint density at radius 3 is 1.89 bits per heavy atom. The first-order chi connectivity index (χ1) is 13.1. The van der Waals surface area contributed by atoms with Crippen molar-refractivity contribution < 1.29 is 0 Å². The van der Waals surface area contributed by atoms with Crippen LogP contribution in [-0.4, -0.2) is 6.04 Å². The molecule has 0 aliphatic heterocycles. The molecule has 1 unspecified atom stereocenters. The number of aryl methyl sites for hydroxylation is 2. The van der Waals surface area contributed by atoms with Crippen molar-refractivity contribution in [1.29, 1.82) is 5.26 Å². The van der Waals surface area contributed by atoms with E-state index in [2.05, 4.69) is 85.5 Å². The van der Waals surface area contributed by atoms with Gasteiger partial charge in [0.15, 0.2) is 6.07 Å². The van der Waals surface area contributed by atoms with Crippen LogP contribution in [0.5, 0.6) is 0 Å². The summed E-state index contributed by atoms with van der Waals surface area (Å²) in [5, 5.41) is 9.32. The molecule has 0 bridgehead atoms. The average Bonchev–Trinajstić information content (AvgIpc) is 3.27. The highest BCUT2D eigenvalue weighted by Crippen LogP contribution is 2.29. The summed E-state index contributed by atoms with van der Waals surface area (Å²) < 4.78 is 0. The van der Waals surface area contributed by atoms with E-state index >= 15 is 0 Å². The Balaban J connectivity index is 1.83. The number of thiophene rings is 2. The molecule has 3 rings (SSSR count). The van der Waals surface area contributed by atoms with Crippen molar-refractivity contribution in [3.63, 3.8) is 0 Å². The van der Waals surface area contributed by atoms with E-state index in [0.717, 1.165) is 17.6 Å². The minimum Gasteiger partial charge on any atom is -0.296 e. The highest BCUT2D eigenvalue weighted by atomic mass is 32.1. The maximum Gasteiger partial charge on any atom is 0.316 e. The van der Waals surface area contributed by atoms with E-state index in [1.54, 1.807) is 22.7 Å². The van der Waals surface area contributed by atoms with Crippen LogP contribution in [-0.2, 0) is 0 Å². The number of hydrogen-bond acceptors (Lipinski definition) is 3. The van der Waals surface area contributed by atoms with Crippen molar-refractivity contribution in [2.75, 3.05) is 0 Å². The van der Waals surface area contributed by atoms with Crippen LogP contribution in [0.1, 0.15) is 25.9 Å². The number of nitrogens with zero attached hydrogens (tertiary/aromatic N) is 2. The maximum atomic E-state index is 9.32. The zero-order valence-electron chi connectivity index (χ0n) is 15.3. The standard InChI is InChI=1S/C23H20N2S2/c1-16-4-8-21(26-16)10-6-18-12-19(7-11-22-9-5-17(2)27-22)14-20(13-18)23(15-24)25-3/h4-11,13-14,20,23H,12H2,1-2H3/b10-6+,11-7+. The maximum absolute atomic E-state index is 9.32. The van der Waals surface area contributed by atoms with Gasteiger partial charge in [0.05, 0.1) is 5.92 Å². The molecule has 1 atom stereocenters. The predicted molar refractivity (Wildman–Crippen MR) is 116 cm³/mol. The molecule has 2 aromatic heterocycles. The molecule has 134 valence electrons. The molecule has 2 heterocycles. The Morgan fingerprint density at radius 2 is 1.52 bits per heavy atom. The molecule has 0 saturated carbocycles. The summed E-state index contributed by atoms with van der Waals surface area (Å²) in [5.74, 6) is -0.171. The monoisotopic (exact) mass is 388 g/mol. The number of rotatable bonds is 5. The van der Waals surface area contributed by atoms with Crippen LogP contribution in [0.3, 0.4) is 0 Å². The second-order valence-corrected chi connectivity index (χ2v) is 9.14. The molecule has 27 heavy (non-hydrogen) atoms. The third-order valence-corrected chi connectivity index (χ3v) is 6.23. The summed E-state index contributed by atoms with van der Waals surface area (Å²) in [6.07, 6.45) is 13.4. The number of allylic oxidation sites excluding steroid dienone is 4. The van der Waals surface area contributed by atoms with Crippen LogP contribution in [0.4, 0.5) is 0 Å². The average molecular weight is 389 g/mol. The van der Waals surface area contributed by atoms with Crippen molar-refractivity contribution >= 4 is 34.8 Å². The molecule has 0 aromatic carbocycles. The number of hydrogen-bond donors (Lipinski definition) is 0. The lowest BCUT2D eigenvalue weighted by Crippen LogP contribution is -2.14. The summed E-state index contributed by atoms with van der Waals surface area (Å²) in [6.45, 7) is 11.5. The van der Waals surface area contributed by atoms with Crippen LogP contribution in [0.25, 0.3) is 17.0 Å². The number of nitriles is 1. The fourth-order valence-corrected chi connectivity index (χ4v) is 4.53. The van der Waals surface area contributed by atoms with Crippen LogP contribution < -0.4 is 0 Å². The minimum absolute atomic E-state index is 0.171. The molecule has 2 nitrogen and oxygen atoms in total. The lowest BCUT2D eigenvalue weighted by Gasteiger charge is -2.16. The SMILES string of the molecule is [C-]#[N+]C(C#N)C1C=C(/C=C/c2ccc(C)s2)CC(/C=C/c2ccc(C)s2)=C1. The first-order valence-corrected chi connectivity index (χ1v) is 10.4.